The molecule has 0 spiro atoms. The molecule has 1 aliphatic heterocycles. The Bertz CT molecular complexity index is 258. The fraction of sp³-hybridized carbons (Fsp3) is 1.00. The SMILES string of the molecule is C1CC(CNC23CC4CC(CC(C4)C2)C3)CN1. The molecule has 0 aromatic heterocycles. The first-order valence-electron chi connectivity index (χ1n) is 7.77. The molecule has 2 heteroatoms. The van der Waals surface area contributed by atoms with Gasteiger partial charge in [0.05, 0.1) is 0 Å². The molecule has 5 fully saturated rings. The van der Waals surface area contributed by atoms with E-state index in [1.807, 2.05) is 0 Å². The van der Waals surface area contributed by atoms with E-state index in [1.54, 1.807) is 19.3 Å². The van der Waals surface area contributed by atoms with Gasteiger partial charge in [-0.2, -0.15) is 0 Å². The average molecular weight is 234 g/mol. The summed E-state index contributed by atoms with van der Waals surface area (Å²) in [7, 11) is 0. The van der Waals surface area contributed by atoms with Crippen LogP contribution in [0.5, 0.6) is 0 Å². The van der Waals surface area contributed by atoms with Gasteiger partial charge in [-0.3, -0.25) is 0 Å². The second-order valence-electron chi connectivity index (χ2n) is 7.44. The quantitative estimate of drug-likeness (QED) is 0.782. The second-order valence-corrected chi connectivity index (χ2v) is 7.44. The summed E-state index contributed by atoms with van der Waals surface area (Å²) < 4.78 is 0. The van der Waals surface area contributed by atoms with Crippen LogP contribution in [0.2, 0.25) is 0 Å². The molecule has 2 N–H and O–H groups in total. The van der Waals surface area contributed by atoms with Crippen LogP contribution in [-0.4, -0.2) is 25.2 Å². The summed E-state index contributed by atoms with van der Waals surface area (Å²) in [5.41, 5.74) is 0.581. The third kappa shape index (κ3) is 1.94. The fourth-order valence-electron chi connectivity index (χ4n) is 5.58. The van der Waals surface area contributed by atoms with E-state index in [4.69, 9.17) is 0 Å². The molecule has 1 unspecified atom stereocenters. The molecular formula is C15H26N2. The summed E-state index contributed by atoms with van der Waals surface area (Å²) in [4.78, 5) is 0. The normalized spacial score (nSPS) is 52.2. The Morgan fingerprint density at radius 1 is 1.00 bits per heavy atom. The largest absolute Gasteiger partial charge is 0.316 e. The van der Waals surface area contributed by atoms with Crippen molar-refractivity contribution in [3.05, 3.63) is 0 Å². The second kappa shape index (κ2) is 3.96. The lowest BCUT2D eigenvalue weighted by Gasteiger charge is -2.57. The van der Waals surface area contributed by atoms with E-state index >= 15 is 0 Å². The number of nitrogens with one attached hydrogen (secondary N) is 2. The number of rotatable bonds is 3. The maximum absolute atomic E-state index is 4.03. The van der Waals surface area contributed by atoms with Crippen LogP contribution in [0.25, 0.3) is 0 Å². The summed E-state index contributed by atoms with van der Waals surface area (Å²) in [6.45, 7) is 3.77. The molecule has 1 atom stereocenters. The van der Waals surface area contributed by atoms with Crippen LogP contribution in [0.3, 0.4) is 0 Å². The lowest BCUT2D eigenvalue weighted by Crippen LogP contribution is -2.59. The molecule has 1 heterocycles. The molecular weight excluding hydrogens is 208 g/mol. The molecule has 4 saturated carbocycles. The minimum Gasteiger partial charge on any atom is -0.316 e. The van der Waals surface area contributed by atoms with Gasteiger partial charge in [-0.05, 0) is 88.3 Å². The van der Waals surface area contributed by atoms with E-state index in [-0.39, 0.29) is 0 Å². The molecule has 0 aromatic carbocycles. The molecule has 5 rings (SSSR count). The highest BCUT2D eigenvalue weighted by molar-refractivity contribution is 5.06. The first kappa shape index (κ1) is 10.8. The predicted molar refractivity (Wildman–Crippen MR) is 69.9 cm³/mol. The van der Waals surface area contributed by atoms with Gasteiger partial charge in [0.1, 0.15) is 0 Å². The molecule has 4 aliphatic carbocycles. The van der Waals surface area contributed by atoms with Gasteiger partial charge in [-0.1, -0.05) is 0 Å². The lowest BCUT2D eigenvalue weighted by molar-refractivity contribution is -0.0209. The zero-order valence-electron chi connectivity index (χ0n) is 10.9. The third-order valence-corrected chi connectivity index (χ3v) is 5.97. The van der Waals surface area contributed by atoms with Gasteiger partial charge in [0.2, 0.25) is 0 Å². The van der Waals surface area contributed by atoms with Crippen LogP contribution in [0, 0.1) is 23.7 Å². The van der Waals surface area contributed by atoms with Crippen LogP contribution in [0.4, 0.5) is 0 Å². The van der Waals surface area contributed by atoms with Crippen molar-refractivity contribution in [2.24, 2.45) is 23.7 Å². The van der Waals surface area contributed by atoms with Gasteiger partial charge >= 0.3 is 0 Å². The van der Waals surface area contributed by atoms with Crippen molar-refractivity contribution in [2.45, 2.75) is 50.5 Å². The standard InChI is InChI=1S/C15H26N2/c1-2-16-9-11(1)10-17-15-6-12-3-13(7-15)5-14(4-12)8-15/h11-14,16-17H,1-10H2. The van der Waals surface area contributed by atoms with Crippen LogP contribution < -0.4 is 10.6 Å². The number of hydrogen-bond donors (Lipinski definition) is 2. The Morgan fingerprint density at radius 2 is 1.65 bits per heavy atom. The molecule has 5 aliphatic rings. The van der Waals surface area contributed by atoms with Gasteiger partial charge in [0.15, 0.2) is 0 Å². The Hall–Kier alpha value is -0.0800. The fourth-order valence-corrected chi connectivity index (χ4v) is 5.58. The van der Waals surface area contributed by atoms with E-state index in [9.17, 15) is 0 Å². The van der Waals surface area contributed by atoms with Gasteiger partial charge in [0.25, 0.3) is 0 Å². The minimum atomic E-state index is 0.581. The molecule has 17 heavy (non-hydrogen) atoms. The van der Waals surface area contributed by atoms with Crippen LogP contribution >= 0.6 is 0 Å². The molecule has 4 bridgehead atoms. The highest BCUT2D eigenvalue weighted by Crippen LogP contribution is 2.55. The summed E-state index contributed by atoms with van der Waals surface area (Å²) in [5, 5.41) is 7.52. The van der Waals surface area contributed by atoms with Gasteiger partial charge in [-0.25, -0.2) is 0 Å². The topological polar surface area (TPSA) is 24.1 Å². The third-order valence-electron chi connectivity index (χ3n) is 5.97. The Labute approximate surface area is 105 Å². The van der Waals surface area contributed by atoms with Gasteiger partial charge in [0, 0.05) is 5.54 Å². The Kier molecular flexibility index (Phi) is 2.52. The first-order valence-corrected chi connectivity index (χ1v) is 7.77. The predicted octanol–water partition coefficient (Wildman–Crippen LogP) is 2.15. The molecule has 0 radical (unpaired) electrons. The molecule has 2 nitrogen and oxygen atoms in total. The van der Waals surface area contributed by atoms with E-state index in [1.165, 1.54) is 45.3 Å². The van der Waals surface area contributed by atoms with Crippen molar-refractivity contribution in [3.8, 4) is 0 Å². The van der Waals surface area contributed by atoms with Crippen molar-refractivity contribution in [1.82, 2.24) is 10.6 Å². The van der Waals surface area contributed by atoms with E-state index in [2.05, 4.69) is 10.6 Å². The highest BCUT2D eigenvalue weighted by atomic mass is 15.0. The summed E-state index contributed by atoms with van der Waals surface area (Å²) >= 11 is 0. The zero-order chi connectivity index (χ0) is 11.3. The summed E-state index contributed by atoms with van der Waals surface area (Å²) in [6.07, 6.45) is 10.6. The van der Waals surface area contributed by atoms with Crippen molar-refractivity contribution in [2.75, 3.05) is 19.6 Å². The van der Waals surface area contributed by atoms with E-state index < -0.39 is 0 Å². The maximum atomic E-state index is 4.03. The van der Waals surface area contributed by atoms with Crippen molar-refractivity contribution in [3.63, 3.8) is 0 Å². The van der Waals surface area contributed by atoms with E-state index in [0.29, 0.717) is 5.54 Å². The van der Waals surface area contributed by atoms with Crippen molar-refractivity contribution < 1.29 is 0 Å². The molecule has 0 aromatic rings. The Balaban J connectivity index is 1.42. The van der Waals surface area contributed by atoms with Crippen molar-refractivity contribution >= 4 is 0 Å². The first-order chi connectivity index (χ1) is 8.31. The van der Waals surface area contributed by atoms with E-state index in [0.717, 1.165) is 23.7 Å². The molecule has 1 saturated heterocycles. The van der Waals surface area contributed by atoms with Crippen molar-refractivity contribution in [1.29, 1.82) is 0 Å². The van der Waals surface area contributed by atoms with Crippen LogP contribution in [-0.2, 0) is 0 Å². The summed E-state index contributed by atoms with van der Waals surface area (Å²) in [5.74, 6) is 4.14. The molecule has 96 valence electrons. The highest BCUT2D eigenvalue weighted by Gasteiger charge is 2.50. The maximum Gasteiger partial charge on any atom is 0.0189 e. The molecule has 0 amide bonds. The van der Waals surface area contributed by atoms with Crippen LogP contribution in [0.1, 0.15) is 44.9 Å². The number of hydrogen-bond acceptors (Lipinski definition) is 2. The smallest absolute Gasteiger partial charge is 0.0189 e. The van der Waals surface area contributed by atoms with Gasteiger partial charge in [-0.15, -0.1) is 0 Å². The zero-order valence-corrected chi connectivity index (χ0v) is 10.9. The monoisotopic (exact) mass is 234 g/mol. The average Bonchev–Trinajstić information content (AvgIpc) is 2.77. The Morgan fingerprint density at radius 3 is 2.18 bits per heavy atom. The van der Waals surface area contributed by atoms with Crippen LogP contribution in [0.15, 0.2) is 0 Å². The lowest BCUT2D eigenvalue weighted by atomic mass is 9.53. The van der Waals surface area contributed by atoms with Gasteiger partial charge < -0.3 is 10.6 Å². The minimum absolute atomic E-state index is 0.581. The summed E-state index contributed by atoms with van der Waals surface area (Å²) in [6, 6.07) is 0.